The third-order valence-corrected chi connectivity index (χ3v) is 7.67. The second-order valence-corrected chi connectivity index (χ2v) is 9.50. The third kappa shape index (κ3) is 3.98. The first-order chi connectivity index (χ1) is 15.9. The number of pyridine rings is 1. The van der Waals surface area contributed by atoms with Crippen LogP contribution in [0.3, 0.4) is 0 Å². The predicted molar refractivity (Wildman–Crippen MR) is 128 cm³/mol. The molecule has 7 nitrogen and oxygen atoms in total. The van der Waals surface area contributed by atoms with Crippen LogP contribution in [0.5, 0.6) is 0 Å². The number of ether oxygens (including phenoxy) is 1. The van der Waals surface area contributed by atoms with E-state index in [4.69, 9.17) is 4.74 Å². The summed E-state index contributed by atoms with van der Waals surface area (Å²) in [4.78, 5) is 24.1. The molecule has 1 saturated carbocycles. The van der Waals surface area contributed by atoms with Crippen LogP contribution in [0, 0.1) is 18.3 Å². The fraction of sp³-hybridized carbons (Fsp3) is 0.500. The summed E-state index contributed by atoms with van der Waals surface area (Å²) in [5, 5.41) is 9.18. The number of aryl methyl sites for hydroxylation is 1. The van der Waals surface area contributed by atoms with Gasteiger partial charge in [-0.1, -0.05) is 30.3 Å². The number of hydrogen-bond acceptors (Lipinski definition) is 5. The van der Waals surface area contributed by atoms with Gasteiger partial charge in [0.15, 0.2) is 0 Å². The summed E-state index contributed by atoms with van der Waals surface area (Å²) >= 11 is 0. The van der Waals surface area contributed by atoms with Crippen molar-refractivity contribution in [2.75, 3.05) is 45.8 Å². The molecule has 1 aromatic heterocycles. The van der Waals surface area contributed by atoms with Crippen molar-refractivity contribution in [3.63, 3.8) is 0 Å². The fourth-order valence-corrected chi connectivity index (χ4v) is 5.69. The van der Waals surface area contributed by atoms with E-state index in [-0.39, 0.29) is 17.1 Å². The Morgan fingerprint density at radius 1 is 1.18 bits per heavy atom. The van der Waals surface area contributed by atoms with Crippen molar-refractivity contribution in [2.24, 2.45) is 0 Å². The van der Waals surface area contributed by atoms with E-state index in [0.717, 1.165) is 36.9 Å². The van der Waals surface area contributed by atoms with Crippen LogP contribution >= 0.6 is 0 Å². The Balaban J connectivity index is 1.66. The van der Waals surface area contributed by atoms with Gasteiger partial charge in [0, 0.05) is 19.2 Å². The van der Waals surface area contributed by atoms with E-state index in [1.54, 1.807) is 19.4 Å². The van der Waals surface area contributed by atoms with Crippen molar-refractivity contribution >= 4 is 11.7 Å². The number of nitrogens with zero attached hydrogens (tertiary/aromatic N) is 5. The first-order valence-electron chi connectivity index (χ1n) is 11.5. The summed E-state index contributed by atoms with van der Waals surface area (Å²) in [5.74, 6) is 0. The number of amides is 2. The molecule has 2 aliphatic rings. The van der Waals surface area contributed by atoms with Gasteiger partial charge in [0.2, 0.25) is 0 Å². The lowest BCUT2D eigenvalue weighted by Crippen LogP contribution is -2.56. The molecule has 2 heterocycles. The Morgan fingerprint density at radius 2 is 1.88 bits per heavy atom. The molecule has 0 unspecified atom stereocenters. The minimum Gasteiger partial charge on any atom is -0.383 e. The molecule has 0 radical (unpaired) electrons. The second kappa shape index (κ2) is 9.12. The third-order valence-electron chi connectivity index (χ3n) is 7.67. The van der Waals surface area contributed by atoms with E-state index in [1.165, 1.54) is 5.56 Å². The van der Waals surface area contributed by atoms with Crippen molar-refractivity contribution in [1.29, 1.82) is 5.26 Å². The Kier molecular flexibility index (Phi) is 6.42. The summed E-state index contributed by atoms with van der Waals surface area (Å²) in [6, 6.07) is 14.5. The van der Waals surface area contributed by atoms with Crippen LogP contribution in [0.25, 0.3) is 0 Å². The number of urea groups is 1. The van der Waals surface area contributed by atoms with Crippen LogP contribution in [0.1, 0.15) is 42.5 Å². The summed E-state index contributed by atoms with van der Waals surface area (Å²) in [6.07, 6.45) is 5.43. The van der Waals surface area contributed by atoms with Crippen molar-refractivity contribution in [3.8, 4) is 6.07 Å². The number of methoxy groups -OCH3 is 1. The molecule has 1 saturated heterocycles. The Labute approximate surface area is 196 Å². The topological polar surface area (TPSA) is 72.7 Å². The molecule has 0 N–H and O–H groups in total. The number of carbonyl (C=O) groups is 1. The fourth-order valence-electron chi connectivity index (χ4n) is 5.69. The first-order valence-corrected chi connectivity index (χ1v) is 11.5. The van der Waals surface area contributed by atoms with Gasteiger partial charge >= 0.3 is 6.03 Å². The minimum atomic E-state index is -0.246. The molecule has 0 atom stereocenters. The average molecular weight is 448 g/mol. The van der Waals surface area contributed by atoms with Gasteiger partial charge in [-0.2, -0.15) is 5.26 Å². The van der Waals surface area contributed by atoms with Crippen LogP contribution in [0.15, 0.2) is 42.6 Å². The zero-order chi connectivity index (χ0) is 23.6. The maximum Gasteiger partial charge on any atom is 0.325 e. The molecular weight excluding hydrogens is 414 g/mol. The molecule has 2 amide bonds. The van der Waals surface area contributed by atoms with E-state index in [2.05, 4.69) is 60.4 Å². The number of hydrogen-bond donors (Lipinski definition) is 0. The first kappa shape index (κ1) is 23.2. The van der Waals surface area contributed by atoms with Gasteiger partial charge in [0.25, 0.3) is 0 Å². The molecule has 4 rings (SSSR count). The number of anilines is 1. The van der Waals surface area contributed by atoms with E-state index >= 15 is 0 Å². The van der Waals surface area contributed by atoms with E-state index in [0.29, 0.717) is 25.4 Å². The molecule has 1 aromatic carbocycles. The predicted octanol–water partition coefficient (Wildman–Crippen LogP) is 3.92. The van der Waals surface area contributed by atoms with Gasteiger partial charge in [-0.25, -0.2) is 9.78 Å². The van der Waals surface area contributed by atoms with Gasteiger partial charge < -0.3 is 9.64 Å². The number of nitriles is 1. The number of aromatic nitrogens is 1. The zero-order valence-electron chi connectivity index (χ0n) is 20.0. The molecule has 174 valence electrons. The summed E-state index contributed by atoms with van der Waals surface area (Å²) in [5.41, 5.74) is 3.09. The van der Waals surface area contributed by atoms with Crippen molar-refractivity contribution in [2.45, 2.75) is 43.7 Å². The molecule has 2 aromatic rings. The number of benzene rings is 1. The SMILES string of the molecule is COCCN1C(=O)N(c2cnc(C#N)cc2C)C[C@]12CC[C@](c1ccccc1)(N(C)C)CC2. The Bertz CT molecular complexity index is 1040. The van der Waals surface area contributed by atoms with Crippen LogP contribution < -0.4 is 4.90 Å². The average Bonchev–Trinajstić information content (AvgIpc) is 3.09. The highest BCUT2D eigenvalue weighted by Crippen LogP contribution is 2.49. The van der Waals surface area contributed by atoms with E-state index < -0.39 is 0 Å². The number of carbonyl (C=O) groups excluding carboxylic acids is 1. The summed E-state index contributed by atoms with van der Waals surface area (Å²) in [6.45, 7) is 3.63. The normalized spacial score (nSPS) is 25.2. The summed E-state index contributed by atoms with van der Waals surface area (Å²) in [7, 11) is 5.99. The van der Waals surface area contributed by atoms with Gasteiger partial charge in [0.1, 0.15) is 11.8 Å². The molecule has 1 aliphatic heterocycles. The van der Waals surface area contributed by atoms with Gasteiger partial charge in [-0.15, -0.1) is 0 Å². The largest absolute Gasteiger partial charge is 0.383 e. The van der Waals surface area contributed by atoms with Crippen LogP contribution in [0.2, 0.25) is 0 Å². The van der Waals surface area contributed by atoms with Crippen LogP contribution in [0.4, 0.5) is 10.5 Å². The molecular formula is C26H33N5O2. The molecule has 1 aliphatic carbocycles. The lowest BCUT2D eigenvalue weighted by atomic mass is 9.68. The highest BCUT2D eigenvalue weighted by atomic mass is 16.5. The minimum absolute atomic E-state index is 0.00118. The maximum atomic E-state index is 13.7. The van der Waals surface area contributed by atoms with Crippen molar-refractivity contribution in [1.82, 2.24) is 14.8 Å². The van der Waals surface area contributed by atoms with E-state index in [1.807, 2.05) is 16.7 Å². The van der Waals surface area contributed by atoms with Crippen molar-refractivity contribution < 1.29 is 9.53 Å². The lowest BCUT2D eigenvalue weighted by molar-refractivity contribution is 0.0189. The molecule has 0 bridgehead atoms. The van der Waals surface area contributed by atoms with Crippen LogP contribution in [-0.2, 0) is 10.3 Å². The molecule has 7 heteroatoms. The number of rotatable bonds is 6. The van der Waals surface area contributed by atoms with Crippen molar-refractivity contribution in [3.05, 3.63) is 59.4 Å². The summed E-state index contributed by atoms with van der Waals surface area (Å²) < 4.78 is 5.36. The Morgan fingerprint density at radius 3 is 2.45 bits per heavy atom. The second-order valence-electron chi connectivity index (χ2n) is 9.50. The maximum absolute atomic E-state index is 13.7. The standard InChI is InChI=1S/C26H33N5O2/c1-20-16-22(17-27)28-18-23(20)30-19-25(31(24(30)32)14-15-33-4)10-12-26(13-11-25,29(2)3)21-8-6-5-7-9-21/h5-9,16,18H,10-15,19H2,1-4H3/t25-,26+. The van der Waals surface area contributed by atoms with Crippen LogP contribution in [-0.4, -0.2) is 67.3 Å². The van der Waals surface area contributed by atoms with Gasteiger partial charge in [-0.05, 0) is 63.9 Å². The zero-order valence-corrected chi connectivity index (χ0v) is 20.0. The quantitative estimate of drug-likeness (QED) is 0.671. The lowest BCUT2D eigenvalue weighted by Gasteiger charge is -2.51. The molecule has 1 spiro atoms. The molecule has 2 fully saturated rings. The highest BCUT2D eigenvalue weighted by molar-refractivity contribution is 5.96. The highest BCUT2D eigenvalue weighted by Gasteiger charge is 2.54. The van der Waals surface area contributed by atoms with Gasteiger partial charge in [0.05, 0.1) is 30.6 Å². The van der Waals surface area contributed by atoms with E-state index in [9.17, 15) is 10.1 Å². The van der Waals surface area contributed by atoms with Gasteiger partial charge in [-0.3, -0.25) is 9.80 Å². The molecule has 33 heavy (non-hydrogen) atoms. The monoisotopic (exact) mass is 447 g/mol. The smallest absolute Gasteiger partial charge is 0.325 e. The Hall–Kier alpha value is -2.95.